The van der Waals surface area contributed by atoms with Crippen LogP contribution in [-0.4, -0.2) is 56.3 Å². The zero-order valence-electron chi connectivity index (χ0n) is 17.9. The lowest BCUT2D eigenvalue weighted by Gasteiger charge is -2.15. The first kappa shape index (κ1) is 22.6. The molecule has 0 unspecified atom stereocenters. The standard InChI is InChI=1S/C19H18F3N7O3S/c1-5-33(31,32)18-14(16-23-7-6-13(29(16)26-18)27(3)10(2)30)17-25-12-8-11(19(20,21)22)9-24-15(12)28(17)4/h6-9H,5H2,1-4H3. The Morgan fingerprint density at radius 1 is 1.21 bits per heavy atom. The minimum atomic E-state index is -4.62. The molecule has 0 aliphatic rings. The molecule has 33 heavy (non-hydrogen) atoms. The lowest BCUT2D eigenvalue weighted by atomic mass is 10.2. The second-order valence-corrected chi connectivity index (χ2v) is 9.45. The van der Waals surface area contributed by atoms with Crippen molar-refractivity contribution in [1.29, 1.82) is 0 Å². The van der Waals surface area contributed by atoms with Gasteiger partial charge in [-0.05, 0) is 12.1 Å². The lowest BCUT2D eigenvalue weighted by molar-refractivity contribution is -0.137. The van der Waals surface area contributed by atoms with Gasteiger partial charge in [-0.25, -0.2) is 23.4 Å². The molecule has 4 heterocycles. The molecule has 4 aromatic rings. The van der Waals surface area contributed by atoms with Crippen molar-refractivity contribution in [2.45, 2.75) is 25.0 Å². The molecule has 0 saturated heterocycles. The fourth-order valence-corrected chi connectivity index (χ4v) is 4.31. The summed E-state index contributed by atoms with van der Waals surface area (Å²) in [5.41, 5.74) is -0.857. The molecule has 1 amide bonds. The predicted octanol–water partition coefficient (Wildman–Crippen LogP) is 2.47. The number of carbonyl (C=O) groups excluding carboxylic acids is 1. The third-order valence-electron chi connectivity index (χ3n) is 5.22. The van der Waals surface area contributed by atoms with Crippen LogP contribution >= 0.6 is 0 Å². The second kappa shape index (κ2) is 7.50. The Morgan fingerprint density at radius 3 is 2.52 bits per heavy atom. The summed E-state index contributed by atoms with van der Waals surface area (Å²) in [5.74, 6) is -0.343. The molecule has 4 rings (SSSR count). The maximum Gasteiger partial charge on any atom is 0.417 e. The highest BCUT2D eigenvalue weighted by atomic mass is 32.2. The van der Waals surface area contributed by atoms with Crippen LogP contribution in [-0.2, 0) is 27.9 Å². The average Bonchev–Trinajstić information content (AvgIpc) is 3.30. The number of amides is 1. The Balaban J connectivity index is 2.09. The summed E-state index contributed by atoms with van der Waals surface area (Å²) in [6.07, 6.45) is -2.56. The number of fused-ring (bicyclic) bond motifs is 2. The molecule has 0 fully saturated rings. The van der Waals surface area contributed by atoms with Gasteiger partial charge in [-0.2, -0.15) is 22.8 Å². The molecule has 0 aliphatic carbocycles. The number of aromatic nitrogens is 6. The smallest absolute Gasteiger partial charge is 0.312 e. The molecule has 4 aromatic heterocycles. The van der Waals surface area contributed by atoms with E-state index in [9.17, 15) is 26.4 Å². The minimum absolute atomic E-state index is 0.00436. The van der Waals surface area contributed by atoms with Crippen LogP contribution < -0.4 is 4.90 Å². The Labute approximate surface area is 185 Å². The summed E-state index contributed by atoms with van der Waals surface area (Å²) in [6.45, 7) is 2.76. The zero-order valence-corrected chi connectivity index (χ0v) is 18.7. The minimum Gasteiger partial charge on any atom is -0.312 e. The third kappa shape index (κ3) is 3.59. The quantitative estimate of drug-likeness (QED) is 0.440. The highest BCUT2D eigenvalue weighted by Gasteiger charge is 2.33. The Morgan fingerprint density at radius 2 is 1.91 bits per heavy atom. The number of halogens is 3. The fraction of sp³-hybridized carbons (Fsp3) is 0.316. The van der Waals surface area contributed by atoms with Gasteiger partial charge in [0.1, 0.15) is 22.7 Å². The normalized spacial score (nSPS) is 12.6. The van der Waals surface area contributed by atoms with Crippen molar-refractivity contribution in [3.8, 4) is 11.4 Å². The molecule has 0 bridgehead atoms. The number of aryl methyl sites for hydroxylation is 1. The van der Waals surface area contributed by atoms with E-state index in [2.05, 4.69) is 20.1 Å². The number of hydrogen-bond donors (Lipinski definition) is 0. The molecule has 14 heteroatoms. The molecule has 0 spiro atoms. The van der Waals surface area contributed by atoms with Crippen molar-refractivity contribution in [1.82, 2.24) is 29.1 Å². The summed E-state index contributed by atoms with van der Waals surface area (Å²) < 4.78 is 67.8. The van der Waals surface area contributed by atoms with E-state index in [4.69, 9.17) is 0 Å². The molecule has 0 aliphatic heterocycles. The molecular weight excluding hydrogens is 463 g/mol. The van der Waals surface area contributed by atoms with Crippen molar-refractivity contribution >= 4 is 38.4 Å². The van der Waals surface area contributed by atoms with Gasteiger partial charge in [0.2, 0.25) is 5.91 Å². The molecule has 0 aromatic carbocycles. The van der Waals surface area contributed by atoms with Crippen LogP contribution in [0.4, 0.5) is 19.0 Å². The summed E-state index contributed by atoms with van der Waals surface area (Å²) in [4.78, 5) is 25.5. The van der Waals surface area contributed by atoms with Gasteiger partial charge in [0.15, 0.2) is 26.2 Å². The predicted molar refractivity (Wildman–Crippen MR) is 112 cm³/mol. The fourth-order valence-electron chi connectivity index (χ4n) is 3.33. The van der Waals surface area contributed by atoms with Gasteiger partial charge in [0.05, 0.1) is 11.3 Å². The van der Waals surface area contributed by atoms with Crippen molar-refractivity contribution < 1.29 is 26.4 Å². The first-order chi connectivity index (χ1) is 15.4. The lowest BCUT2D eigenvalue weighted by Crippen LogP contribution is -2.25. The first-order valence-corrected chi connectivity index (χ1v) is 11.3. The van der Waals surface area contributed by atoms with Crippen molar-refractivity contribution in [2.24, 2.45) is 7.05 Å². The third-order valence-corrected chi connectivity index (χ3v) is 6.85. The van der Waals surface area contributed by atoms with Gasteiger partial charge in [0, 0.05) is 33.4 Å². The molecular formula is C19H18F3N7O3S. The Hall–Kier alpha value is -3.55. The van der Waals surface area contributed by atoms with E-state index in [1.807, 2.05) is 0 Å². The summed E-state index contributed by atoms with van der Waals surface area (Å²) >= 11 is 0. The Bertz CT molecular complexity index is 1520. The van der Waals surface area contributed by atoms with Crippen molar-refractivity contribution in [3.05, 3.63) is 30.1 Å². The van der Waals surface area contributed by atoms with Crippen LogP contribution in [0.1, 0.15) is 19.4 Å². The highest BCUT2D eigenvalue weighted by molar-refractivity contribution is 7.91. The largest absolute Gasteiger partial charge is 0.417 e. The van der Waals surface area contributed by atoms with Crippen LogP contribution in [0.3, 0.4) is 0 Å². The number of imidazole rings is 1. The number of nitrogens with zero attached hydrogens (tertiary/aromatic N) is 7. The van der Waals surface area contributed by atoms with Gasteiger partial charge >= 0.3 is 6.18 Å². The highest BCUT2D eigenvalue weighted by Crippen LogP contribution is 2.35. The van der Waals surface area contributed by atoms with E-state index >= 15 is 0 Å². The number of anilines is 1. The number of hydrogen-bond acceptors (Lipinski definition) is 7. The summed E-state index contributed by atoms with van der Waals surface area (Å²) in [7, 11) is -0.924. The number of alkyl halides is 3. The molecule has 174 valence electrons. The van der Waals surface area contributed by atoms with E-state index in [-0.39, 0.29) is 50.7 Å². The topological polar surface area (TPSA) is 115 Å². The van der Waals surface area contributed by atoms with Crippen LogP contribution in [0.15, 0.2) is 29.6 Å². The molecule has 0 N–H and O–H groups in total. The summed E-state index contributed by atoms with van der Waals surface area (Å²) in [6, 6.07) is 2.33. The number of rotatable bonds is 4. The number of carbonyl (C=O) groups is 1. The van der Waals surface area contributed by atoms with Gasteiger partial charge < -0.3 is 9.47 Å². The van der Waals surface area contributed by atoms with Gasteiger partial charge in [-0.15, -0.1) is 0 Å². The van der Waals surface area contributed by atoms with E-state index < -0.39 is 21.6 Å². The van der Waals surface area contributed by atoms with Gasteiger partial charge in [-0.3, -0.25) is 4.79 Å². The van der Waals surface area contributed by atoms with Crippen LogP contribution in [0, 0.1) is 0 Å². The van der Waals surface area contributed by atoms with Crippen molar-refractivity contribution in [2.75, 3.05) is 17.7 Å². The average molecular weight is 481 g/mol. The van der Waals surface area contributed by atoms with E-state index in [1.165, 1.54) is 54.2 Å². The molecule has 10 nitrogen and oxygen atoms in total. The van der Waals surface area contributed by atoms with Crippen LogP contribution in [0.5, 0.6) is 0 Å². The van der Waals surface area contributed by atoms with Gasteiger partial charge in [-0.1, -0.05) is 6.92 Å². The van der Waals surface area contributed by atoms with Gasteiger partial charge in [0.25, 0.3) is 0 Å². The van der Waals surface area contributed by atoms with E-state index in [1.54, 1.807) is 0 Å². The Kier molecular flexibility index (Phi) is 5.15. The maximum atomic E-state index is 13.1. The molecule has 0 saturated carbocycles. The summed E-state index contributed by atoms with van der Waals surface area (Å²) in [5, 5.41) is 3.87. The SMILES string of the molecule is CCS(=O)(=O)c1nn2c(N(C)C(C)=O)ccnc2c1-c1nc2cc(C(F)(F)F)cnc2n1C. The molecule has 0 atom stereocenters. The van der Waals surface area contributed by atoms with E-state index in [0.717, 1.165) is 6.07 Å². The first-order valence-electron chi connectivity index (χ1n) is 9.61. The second-order valence-electron chi connectivity index (χ2n) is 7.26. The molecule has 0 radical (unpaired) electrons. The van der Waals surface area contributed by atoms with Crippen molar-refractivity contribution in [3.63, 3.8) is 0 Å². The monoisotopic (exact) mass is 481 g/mol. The number of sulfone groups is 1. The number of pyridine rings is 1. The maximum absolute atomic E-state index is 13.1. The van der Waals surface area contributed by atoms with E-state index in [0.29, 0.717) is 6.20 Å². The zero-order chi connectivity index (χ0) is 24.3. The van der Waals surface area contributed by atoms with Crippen LogP contribution in [0.25, 0.3) is 28.2 Å². The van der Waals surface area contributed by atoms with Crippen LogP contribution in [0.2, 0.25) is 0 Å².